The average molecular weight is 557 g/mol. The number of likely N-dealkylation sites (tertiary alicyclic amines) is 1. The Morgan fingerprint density at radius 3 is 2.73 bits per heavy atom. The first-order chi connectivity index (χ1) is 19.8. The van der Waals surface area contributed by atoms with E-state index in [1.165, 1.54) is 6.07 Å². The van der Waals surface area contributed by atoms with E-state index in [0.717, 1.165) is 43.4 Å². The quantitative estimate of drug-likeness (QED) is 0.429. The first-order valence-corrected chi connectivity index (χ1v) is 14.8. The second-order valence-corrected chi connectivity index (χ2v) is 12.7. The van der Waals surface area contributed by atoms with Gasteiger partial charge in [0.2, 0.25) is 5.91 Å². The average Bonchev–Trinajstić information content (AvgIpc) is 2.95. The number of carbonyl (C=O) groups is 2. The molecule has 0 aliphatic carbocycles. The van der Waals surface area contributed by atoms with Crippen LogP contribution in [0.2, 0.25) is 0 Å². The van der Waals surface area contributed by atoms with E-state index < -0.39 is 5.63 Å². The number of carbonyl (C=O) groups excluding carboxylic acids is 2. The molecule has 7 rings (SSSR count). The number of fused-ring (bicyclic) bond motifs is 7. The fourth-order valence-corrected chi connectivity index (χ4v) is 7.45. The number of benzene rings is 2. The Bertz CT molecular complexity index is 1580. The van der Waals surface area contributed by atoms with Gasteiger partial charge in [0.25, 0.3) is 5.91 Å². The van der Waals surface area contributed by atoms with Crippen LogP contribution in [0.4, 0.5) is 0 Å². The first-order valence-electron chi connectivity index (χ1n) is 14.8. The van der Waals surface area contributed by atoms with Crippen LogP contribution in [0.15, 0.2) is 51.7 Å². The van der Waals surface area contributed by atoms with Crippen LogP contribution in [0.3, 0.4) is 0 Å². The van der Waals surface area contributed by atoms with Gasteiger partial charge in [-0.2, -0.15) is 0 Å². The van der Waals surface area contributed by atoms with Crippen molar-refractivity contribution in [3.05, 3.63) is 58.4 Å². The van der Waals surface area contributed by atoms with Gasteiger partial charge in [0.05, 0.1) is 5.39 Å². The highest BCUT2D eigenvalue weighted by atomic mass is 16.5. The van der Waals surface area contributed by atoms with Crippen molar-refractivity contribution >= 4 is 22.8 Å². The molecule has 0 spiro atoms. The van der Waals surface area contributed by atoms with Crippen LogP contribution in [0.25, 0.3) is 22.1 Å². The third-order valence-corrected chi connectivity index (χ3v) is 9.37. The topological polar surface area (TPSA) is 89.3 Å². The van der Waals surface area contributed by atoms with Crippen molar-refractivity contribution in [1.29, 1.82) is 0 Å². The second-order valence-electron chi connectivity index (χ2n) is 12.7. The predicted molar refractivity (Wildman–Crippen MR) is 154 cm³/mol. The molecular weight excluding hydrogens is 520 g/mol. The minimum absolute atomic E-state index is 0.0685. The van der Waals surface area contributed by atoms with Gasteiger partial charge in [-0.15, -0.1) is 0 Å². The monoisotopic (exact) mass is 556 g/mol. The molecule has 0 saturated carbocycles. The Labute approximate surface area is 239 Å². The van der Waals surface area contributed by atoms with Crippen molar-refractivity contribution in [3.8, 4) is 22.6 Å². The normalized spacial score (nSPS) is 24.8. The van der Waals surface area contributed by atoms with Crippen LogP contribution in [0, 0.1) is 11.8 Å². The zero-order valence-electron chi connectivity index (χ0n) is 23.7. The van der Waals surface area contributed by atoms with Gasteiger partial charge in [0.1, 0.15) is 22.7 Å². The van der Waals surface area contributed by atoms with Gasteiger partial charge in [-0.3, -0.25) is 9.59 Å². The van der Waals surface area contributed by atoms with E-state index in [1.54, 1.807) is 0 Å². The summed E-state index contributed by atoms with van der Waals surface area (Å²) in [5.74, 6) is 1.91. The number of ether oxygens (including phenoxy) is 2. The van der Waals surface area contributed by atoms with Crippen LogP contribution in [0.1, 0.15) is 51.5 Å². The van der Waals surface area contributed by atoms with Crippen LogP contribution in [0.5, 0.6) is 11.5 Å². The van der Waals surface area contributed by atoms with Gasteiger partial charge >= 0.3 is 5.63 Å². The smallest absolute Gasteiger partial charge is 0.336 e. The Morgan fingerprint density at radius 1 is 1.07 bits per heavy atom. The maximum Gasteiger partial charge on any atom is 0.336 e. The fraction of sp³-hybridized carbons (Fsp3) is 0.485. The molecule has 2 aromatic carbocycles. The molecule has 3 saturated heterocycles. The van der Waals surface area contributed by atoms with Crippen molar-refractivity contribution in [2.24, 2.45) is 11.8 Å². The summed E-state index contributed by atoms with van der Waals surface area (Å²) in [6.45, 7) is 5.98. The molecule has 0 radical (unpaired) electrons. The van der Waals surface area contributed by atoms with Gasteiger partial charge in [-0.05, 0) is 63.4 Å². The maximum atomic E-state index is 13.6. The van der Waals surface area contributed by atoms with E-state index >= 15 is 0 Å². The molecule has 41 heavy (non-hydrogen) atoms. The zero-order chi connectivity index (χ0) is 28.3. The lowest BCUT2D eigenvalue weighted by atomic mass is 9.76. The molecule has 2 bridgehead atoms. The SMILES string of the molecule is CC1(C)CCc2c(cc(OCC(=O)N3C[C@H]4C[C@@H](C3)[C@@H]3CCCC(=O)N3C4)c3c(-c4ccccc4)cc(=O)oc23)O1. The van der Waals surface area contributed by atoms with Crippen molar-refractivity contribution in [2.45, 2.75) is 64.0 Å². The van der Waals surface area contributed by atoms with Gasteiger partial charge in [-0.25, -0.2) is 4.79 Å². The summed E-state index contributed by atoms with van der Waals surface area (Å²) < 4.78 is 18.5. The molecule has 0 unspecified atom stereocenters. The molecular formula is C33H36N2O6. The Balaban J connectivity index is 1.21. The lowest BCUT2D eigenvalue weighted by Gasteiger charge is -2.52. The van der Waals surface area contributed by atoms with E-state index in [1.807, 2.05) is 55.1 Å². The summed E-state index contributed by atoms with van der Waals surface area (Å²) in [6.07, 6.45) is 5.16. The fourth-order valence-electron chi connectivity index (χ4n) is 7.45. The summed E-state index contributed by atoms with van der Waals surface area (Å²) in [6, 6.07) is 13.3. The minimum atomic E-state index is -0.438. The third-order valence-electron chi connectivity index (χ3n) is 9.37. The van der Waals surface area contributed by atoms with Crippen molar-refractivity contribution in [2.75, 3.05) is 26.2 Å². The van der Waals surface area contributed by atoms with Gasteiger partial charge in [0.15, 0.2) is 6.61 Å². The van der Waals surface area contributed by atoms with Crippen LogP contribution in [-0.2, 0) is 16.0 Å². The molecule has 3 fully saturated rings. The molecule has 4 aliphatic rings. The highest BCUT2D eigenvalue weighted by Crippen LogP contribution is 2.45. The lowest BCUT2D eigenvalue weighted by Crippen LogP contribution is -2.61. The molecule has 3 atom stereocenters. The van der Waals surface area contributed by atoms with Gasteiger partial charge in [0, 0.05) is 55.4 Å². The first kappa shape index (κ1) is 26.1. The summed E-state index contributed by atoms with van der Waals surface area (Å²) in [5.41, 5.74) is 2.08. The second kappa shape index (κ2) is 9.93. The number of hydrogen-bond acceptors (Lipinski definition) is 6. The van der Waals surface area contributed by atoms with Crippen molar-refractivity contribution in [1.82, 2.24) is 9.80 Å². The largest absolute Gasteiger partial charge is 0.487 e. The van der Waals surface area contributed by atoms with E-state index in [0.29, 0.717) is 65.8 Å². The zero-order valence-corrected chi connectivity index (χ0v) is 23.7. The standard InChI is InChI=1S/C33H36N2O6/c1-33(2)12-11-23-26(41-33)15-27(31-24(14-30(38)40-32(23)31)21-7-4-3-5-8-21)39-19-29(37)34-16-20-13-22(18-34)25-9-6-10-28(36)35(25)17-20/h3-5,7-8,14-15,20,22,25H,6,9-13,16-19H2,1-2H3/t20-,22+,25+/m1/s1. The van der Waals surface area contributed by atoms with Gasteiger partial charge < -0.3 is 23.7 Å². The maximum absolute atomic E-state index is 13.6. The third kappa shape index (κ3) is 4.77. The molecule has 214 valence electrons. The Kier molecular flexibility index (Phi) is 6.32. The molecule has 2 amide bonds. The number of nitrogens with zero attached hydrogens (tertiary/aromatic N) is 2. The van der Waals surface area contributed by atoms with Gasteiger partial charge in [-0.1, -0.05) is 30.3 Å². The van der Waals surface area contributed by atoms with Crippen LogP contribution >= 0.6 is 0 Å². The minimum Gasteiger partial charge on any atom is -0.487 e. The summed E-state index contributed by atoms with van der Waals surface area (Å²) in [4.78, 5) is 42.9. The number of amides is 2. The van der Waals surface area contributed by atoms with E-state index in [2.05, 4.69) is 4.90 Å². The van der Waals surface area contributed by atoms with E-state index in [9.17, 15) is 14.4 Å². The van der Waals surface area contributed by atoms with E-state index in [4.69, 9.17) is 13.9 Å². The van der Waals surface area contributed by atoms with Crippen LogP contribution in [-0.4, -0.2) is 59.5 Å². The molecule has 3 aromatic rings. The lowest BCUT2D eigenvalue weighted by molar-refractivity contribution is -0.149. The van der Waals surface area contributed by atoms with Crippen molar-refractivity contribution in [3.63, 3.8) is 0 Å². The summed E-state index contributed by atoms with van der Waals surface area (Å²) >= 11 is 0. The number of rotatable bonds is 4. The summed E-state index contributed by atoms with van der Waals surface area (Å²) in [7, 11) is 0. The highest BCUT2D eigenvalue weighted by molar-refractivity contribution is 6.00. The molecule has 8 nitrogen and oxygen atoms in total. The number of hydrogen-bond donors (Lipinski definition) is 0. The van der Waals surface area contributed by atoms with E-state index in [-0.39, 0.29) is 30.1 Å². The van der Waals surface area contributed by atoms with Crippen LogP contribution < -0.4 is 15.1 Å². The molecule has 0 N–H and O–H groups in total. The molecule has 5 heterocycles. The molecule has 4 aliphatic heterocycles. The van der Waals surface area contributed by atoms with Crippen molar-refractivity contribution < 1.29 is 23.5 Å². The predicted octanol–water partition coefficient (Wildman–Crippen LogP) is 4.80. The molecule has 8 heteroatoms. The number of aryl methyl sites for hydroxylation is 1. The summed E-state index contributed by atoms with van der Waals surface area (Å²) in [5, 5.41) is 0.678. The highest BCUT2D eigenvalue weighted by Gasteiger charge is 2.45. The number of piperidine rings is 3. The Hall–Kier alpha value is -3.81. The Morgan fingerprint density at radius 2 is 1.90 bits per heavy atom. The molecule has 1 aromatic heterocycles.